The van der Waals surface area contributed by atoms with Crippen LogP contribution in [0.4, 0.5) is 0 Å². The van der Waals surface area contributed by atoms with Gasteiger partial charge in [-0.05, 0) is 0 Å². The molecular formula is HCoCuLiO. The van der Waals surface area contributed by atoms with Crippen molar-refractivity contribution in [2.45, 2.75) is 0 Å². The van der Waals surface area contributed by atoms with Gasteiger partial charge in [-0.2, -0.15) is 0 Å². The molecule has 1 radical (unpaired) electrons. The topological polar surface area (TPSA) is 17.1 Å². The molecule has 0 aromatic carbocycles. The molecule has 28 valence electrons. The first kappa shape index (κ1) is 18.1. The molecule has 0 heterocycles. The Balaban J connectivity index is -0.00000000500. The van der Waals surface area contributed by atoms with Crippen molar-refractivity contribution in [1.82, 2.24) is 0 Å². The minimum absolute atomic E-state index is 0. The van der Waals surface area contributed by atoms with Crippen molar-refractivity contribution in [3.63, 3.8) is 0 Å². The average Bonchev–Trinajstić information content (AvgIpc) is 1.00. The van der Waals surface area contributed by atoms with Crippen LogP contribution in [0.15, 0.2) is 0 Å². The van der Waals surface area contributed by atoms with E-state index >= 15 is 0 Å². The van der Waals surface area contributed by atoms with E-state index in [-0.39, 0.29) is 35.6 Å². The number of rotatable bonds is 0. The van der Waals surface area contributed by atoms with E-state index in [1.807, 2.05) is 0 Å². The quantitative estimate of drug-likeness (QED) is 0.410. The van der Waals surface area contributed by atoms with Crippen LogP contribution in [0.5, 0.6) is 0 Å². The van der Waals surface area contributed by atoms with Gasteiger partial charge in [0.05, 0.1) is 0 Å². The van der Waals surface area contributed by atoms with E-state index < -0.39 is 0 Å². The second-order valence-electron chi connectivity index (χ2n) is 0. The summed E-state index contributed by atoms with van der Waals surface area (Å²) in [5, 5.41) is 0. The molecule has 1 nitrogen and oxygen atoms in total. The molecule has 4 heavy (non-hydrogen) atoms. The van der Waals surface area contributed by atoms with E-state index in [0.717, 1.165) is 0 Å². The second kappa shape index (κ2) is 25.6. The van der Waals surface area contributed by atoms with Crippen LogP contribution in [0.3, 0.4) is 0 Å². The summed E-state index contributed by atoms with van der Waals surface area (Å²) >= 11 is 2.94. The minimum atomic E-state index is 0. The SMILES string of the molecule is [Co].[LiH].[O]=[Cu]. The predicted octanol–water partition coefficient (Wildman–Crippen LogP) is -0.772. The molecule has 0 atom stereocenters. The van der Waals surface area contributed by atoms with Crippen molar-refractivity contribution in [3.05, 3.63) is 0 Å². The average molecular weight is 146 g/mol. The summed E-state index contributed by atoms with van der Waals surface area (Å²) in [7, 11) is 0. The van der Waals surface area contributed by atoms with Crippen LogP contribution in [0.2, 0.25) is 0 Å². The van der Waals surface area contributed by atoms with Gasteiger partial charge in [0, 0.05) is 16.8 Å². The molecule has 0 aromatic heterocycles. The van der Waals surface area contributed by atoms with Gasteiger partial charge in [-0.1, -0.05) is 0 Å². The maximum atomic E-state index is 7.81. The van der Waals surface area contributed by atoms with Gasteiger partial charge >= 0.3 is 38.6 Å². The molecule has 0 unspecified atom stereocenters. The molecular weight excluding hydrogens is 145 g/mol. The van der Waals surface area contributed by atoms with Crippen LogP contribution in [-0.4, -0.2) is 18.9 Å². The first-order chi connectivity index (χ1) is 1.00. The van der Waals surface area contributed by atoms with Crippen LogP contribution in [0, 0.1) is 0 Å². The molecule has 0 saturated heterocycles. The molecule has 0 aliphatic carbocycles. The Kier molecular flexibility index (Phi) is 116. The Morgan fingerprint density at radius 2 is 1.25 bits per heavy atom. The number of hydrogen-bond donors (Lipinski definition) is 0. The van der Waals surface area contributed by atoms with Crippen molar-refractivity contribution >= 4 is 18.9 Å². The fourth-order valence-electron chi connectivity index (χ4n) is 0. The van der Waals surface area contributed by atoms with Gasteiger partial charge in [-0.25, -0.2) is 0 Å². The van der Waals surface area contributed by atoms with E-state index in [2.05, 4.69) is 15.9 Å². The zero-order chi connectivity index (χ0) is 2.00. The van der Waals surface area contributed by atoms with Gasteiger partial charge < -0.3 is 0 Å². The Morgan fingerprint density at radius 1 is 1.25 bits per heavy atom. The van der Waals surface area contributed by atoms with E-state index in [1.165, 1.54) is 0 Å². The molecule has 0 saturated carbocycles. The van der Waals surface area contributed by atoms with E-state index in [1.54, 1.807) is 0 Å². The Labute approximate surface area is 55.3 Å². The normalized spacial score (nSPS) is 1.50. The molecule has 0 aliphatic heterocycles. The summed E-state index contributed by atoms with van der Waals surface area (Å²) in [5.41, 5.74) is 0. The number of hydrogen-bond acceptors (Lipinski definition) is 1. The third kappa shape index (κ3) is 9.92. The van der Waals surface area contributed by atoms with Crippen molar-refractivity contribution < 1.29 is 36.6 Å². The van der Waals surface area contributed by atoms with E-state index in [4.69, 9.17) is 3.83 Å². The van der Waals surface area contributed by atoms with Crippen LogP contribution in [0.25, 0.3) is 0 Å². The van der Waals surface area contributed by atoms with Gasteiger partial charge in [0.25, 0.3) is 0 Å². The fourth-order valence-corrected chi connectivity index (χ4v) is 0. The van der Waals surface area contributed by atoms with Crippen molar-refractivity contribution in [1.29, 1.82) is 0 Å². The molecule has 0 fully saturated rings. The van der Waals surface area contributed by atoms with Crippen LogP contribution in [0.1, 0.15) is 0 Å². The standard InChI is InChI=1S/Co.Cu.Li.O.H. The summed E-state index contributed by atoms with van der Waals surface area (Å²) < 4.78 is 7.81. The van der Waals surface area contributed by atoms with Crippen LogP contribution >= 0.6 is 0 Å². The summed E-state index contributed by atoms with van der Waals surface area (Å²) in [5.74, 6) is 0. The summed E-state index contributed by atoms with van der Waals surface area (Å²) in [6, 6.07) is 0. The van der Waals surface area contributed by atoms with Gasteiger partial charge in [0.15, 0.2) is 0 Å². The third-order valence-corrected chi connectivity index (χ3v) is 0. The van der Waals surface area contributed by atoms with Crippen LogP contribution < -0.4 is 0 Å². The van der Waals surface area contributed by atoms with Crippen molar-refractivity contribution in [2.24, 2.45) is 0 Å². The molecule has 0 rings (SSSR count). The van der Waals surface area contributed by atoms with Gasteiger partial charge in [0.2, 0.25) is 0 Å². The van der Waals surface area contributed by atoms with E-state index in [9.17, 15) is 0 Å². The monoisotopic (exact) mass is 146 g/mol. The third-order valence-electron chi connectivity index (χ3n) is 0. The molecule has 0 spiro atoms. The summed E-state index contributed by atoms with van der Waals surface area (Å²) in [4.78, 5) is 0. The summed E-state index contributed by atoms with van der Waals surface area (Å²) in [6.07, 6.45) is 0. The second-order valence-corrected chi connectivity index (χ2v) is 0. The van der Waals surface area contributed by atoms with E-state index in [0.29, 0.717) is 0 Å². The van der Waals surface area contributed by atoms with Gasteiger partial charge in [-0.15, -0.1) is 0 Å². The molecule has 0 aliphatic rings. The fraction of sp³-hybridized carbons (Fsp3) is 0. The molecule has 4 heteroatoms. The Bertz CT molecular complexity index is 8.00. The molecule has 0 N–H and O–H groups in total. The maximum absolute atomic E-state index is 7.81. The predicted molar refractivity (Wildman–Crippen MR) is 7.84 cm³/mol. The Hall–Kier alpha value is 1.42. The first-order valence-electron chi connectivity index (χ1n) is 0.123. The zero-order valence-electron chi connectivity index (χ0n) is 1.04. The van der Waals surface area contributed by atoms with Gasteiger partial charge in [-0.3, -0.25) is 0 Å². The van der Waals surface area contributed by atoms with Crippen LogP contribution in [-0.2, 0) is 36.6 Å². The summed E-state index contributed by atoms with van der Waals surface area (Å²) in [6.45, 7) is 0. The Morgan fingerprint density at radius 3 is 1.25 bits per heavy atom. The molecule has 0 amide bonds. The molecule has 0 bridgehead atoms. The molecule has 0 aromatic rings. The first-order valence-corrected chi connectivity index (χ1v) is 0.508. The van der Waals surface area contributed by atoms with Crippen molar-refractivity contribution in [3.8, 4) is 0 Å². The van der Waals surface area contributed by atoms with Crippen molar-refractivity contribution in [2.75, 3.05) is 0 Å². The zero-order valence-corrected chi connectivity index (χ0v) is 3.03. The van der Waals surface area contributed by atoms with Gasteiger partial charge in [0.1, 0.15) is 0 Å².